The smallest absolute Gasteiger partial charge is 0.320 e. The standard InChI is InChI=1S/C11H15NO2S/c12-9(11(13)14)5-7-6-15-10-4-2-1-3-8(7)10/h6,9H,1-5,12H2,(H,13,14). The summed E-state index contributed by atoms with van der Waals surface area (Å²) in [7, 11) is 0. The molecule has 1 aliphatic rings. The lowest BCUT2D eigenvalue weighted by Crippen LogP contribution is -2.32. The molecule has 15 heavy (non-hydrogen) atoms. The van der Waals surface area contributed by atoms with Crippen LogP contribution in [0, 0.1) is 0 Å². The van der Waals surface area contributed by atoms with Gasteiger partial charge in [0.15, 0.2) is 0 Å². The molecule has 82 valence electrons. The van der Waals surface area contributed by atoms with Gasteiger partial charge in [-0.05, 0) is 48.6 Å². The molecule has 0 fully saturated rings. The van der Waals surface area contributed by atoms with Crippen molar-refractivity contribution < 1.29 is 9.90 Å². The Balaban J connectivity index is 2.15. The van der Waals surface area contributed by atoms with Gasteiger partial charge in [-0.2, -0.15) is 0 Å². The fourth-order valence-electron chi connectivity index (χ4n) is 2.06. The predicted molar refractivity (Wildman–Crippen MR) is 60.3 cm³/mol. The third kappa shape index (κ3) is 2.21. The lowest BCUT2D eigenvalue weighted by atomic mass is 9.93. The topological polar surface area (TPSA) is 63.3 Å². The normalized spacial score (nSPS) is 17.1. The van der Waals surface area contributed by atoms with Crippen molar-refractivity contribution in [1.29, 1.82) is 0 Å². The number of thiophene rings is 1. The number of hydrogen-bond donors (Lipinski definition) is 2. The average Bonchev–Trinajstić information content (AvgIpc) is 2.62. The maximum atomic E-state index is 10.7. The third-order valence-electron chi connectivity index (χ3n) is 2.91. The molecule has 1 aromatic rings. The van der Waals surface area contributed by atoms with E-state index in [2.05, 4.69) is 5.38 Å². The first-order chi connectivity index (χ1) is 7.18. The van der Waals surface area contributed by atoms with E-state index in [-0.39, 0.29) is 0 Å². The van der Waals surface area contributed by atoms with Crippen LogP contribution in [0.2, 0.25) is 0 Å². The molecule has 0 spiro atoms. The molecule has 0 radical (unpaired) electrons. The first-order valence-corrected chi connectivity index (χ1v) is 6.13. The lowest BCUT2D eigenvalue weighted by molar-refractivity contribution is -0.138. The Labute approximate surface area is 92.9 Å². The van der Waals surface area contributed by atoms with Crippen LogP contribution in [-0.4, -0.2) is 17.1 Å². The van der Waals surface area contributed by atoms with Crippen molar-refractivity contribution >= 4 is 17.3 Å². The fraction of sp³-hybridized carbons (Fsp3) is 0.545. The Morgan fingerprint density at radius 3 is 3.00 bits per heavy atom. The molecule has 1 heterocycles. The zero-order chi connectivity index (χ0) is 10.8. The molecule has 3 N–H and O–H groups in total. The molecule has 0 aromatic carbocycles. The van der Waals surface area contributed by atoms with Gasteiger partial charge < -0.3 is 10.8 Å². The third-order valence-corrected chi connectivity index (χ3v) is 4.04. The maximum Gasteiger partial charge on any atom is 0.320 e. The lowest BCUT2D eigenvalue weighted by Gasteiger charge is -2.13. The van der Waals surface area contributed by atoms with E-state index in [0.29, 0.717) is 6.42 Å². The van der Waals surface area contributed by atoms with Gasteiger partial charge in [0.2, 0.25) is 0 Å². The molecule has 0 aliphatic heterocycles. The number of fused-ring (bicyclic) bond motifs is 1. The van der Waals surface area contributed by atoms with Crippen LogP contribution in [-0.2, 0) is 24.1 Å². The van der Waals surface area contributed by atoms with Gasteiger partial charge in [0, 0.05) is 4.88 Å². The van der Waals surface area contributed by atoms with Crippen molar-refractivity contribution in [3.8, 4) is 0 Å². The zero-order valence-corrected chi connectivity index (χ0v) is 9.35. The summed E-state index contributed by atoms with van der Waals surface area (Å²) in [4.78, 5) is 12.1. The van der Waals surface area contributed by atoms with Gasteiger partial charge in [0.05, 0.1) is 0 Å². The highest BCUT2D eigenvalue weighted by atomic mass is 32.1. The van der Waals surface area contributed by atoms with Crippen LogP contribution in [0.3, 0.4) is 0 Å². The van der Waals surface area contributed by atoms with Crippen LogP contribution in [0.15, 0.2) is 5.38 Å². The van der Waals surface area contributed by atoms with E-state index in [9.17, 15) is 4.79 Å². The van der Waals surface area contributed by atoms with Gasteiger partial charge in [0.1, 0.15) is 6.04 Å². The molecule has 1 unspecified atom stereocenters. The van der Waals surface area contributed by atoms with Gasteiger partial charge in [-0.3, -0.25) is 4.79 Å². The summed E-state index contributed by atoms with van der Waals surface area (Å²) in [6.07, 6.45) is 5.21. The number of rotatable bonds is 3. The van der Waals surface area contributed by atoms with Crippen molar-refractivity contribution in [2.75, 3.05) is 0 Å². The molecule has 0 bridgehead atoms. The minimum atomic E-state index is -0.911. The second-order valence-electron chi connectivity index (χ2n) is 4.02. The number of aryl methyl sites for hydroxylation is 1. The van der Waals surface area contributed by atoms with Crippen LogP contribution >= 0.6 is 11.3 Å². The van der Waals surface area contributed by atoms with Gasteiger partial charge in [-0.25, -0.2) is 0 Å². The molecule has 1 aliphatic carbocycles. The maximum absolute atomic E-state index is 10.7. The monoisotopic (exact) mass is 225 g/mol. The second-order valence-corrected chi connectivity index (χ2v) is 4.98. The SMILES string of the molecule is NC(Cc1csc2c1CCCC2)C(=O)O. The Hall–Kier alpha value is -0.870. The minimum absolute atomic E-state index is 0.473. The first-order valence-electron chi connectivity index (χ1n) is 5.25. The van der Waals surface area contributed by atoms with Crippen molar-refractivity contribution in [2.24, 2.45) is 5.73 Å². The largest absolute Gasteiger partial charge is 0.480 e. The first kappa shape index (κ1) is 10.6. The number of hydrogen-bond acceptors (Lipinski definition) is 3. The van der Waals surface area contributed by atoms with Gasteiger partial charge in [0.25, 0.3) is 0 Å². The number of aliphatic carboxylic acids is 1. The minimum Gasteiger partial charge on any atom is -0.480 e. The predicted octanol–water partition coefficient (Wildman–Crippen LogP) is 1.58. The van der Waals surface area contributed by atoms with E-state index >= 15 is 0 Å². The quantitative estimate of drug-likeness (QED) is 0.821. The molecule has 1 atom stereocenters. The molecule has 3 nitrogen and oxygen atoms in total. The number of carboxylic acid groups (broad SMARTS) is 1. The summed E-state index contributed by atoms with van der Waals surface area (Å²) in [5.74, 6) is -0.911. The Kier molecular flexibility index (Phi) is 3.07. The molecule has 2 rings (SSSR count). The van der Waals surface area contributed by atoms with E-state index in [0.717, 1.165) is 18.4 Å². The summed E-state index contributed by atoms with van der Waals surface area (Å²) < 4.78 is 0. The molecular weight excluding hydrogens is 210 g/mol. The van der Waals surface area contributed by atoms with Crippen molar-refractivity contribution in [1.82, 2.24) is 0 Å². The average molecular weight is 225 g/mol. The van der Waals surface area contributed by atoms with E-state index in [1.807, 2.05) is 0 Å². The van der Waals surface area contributed by atoms with Crippen molar-refractivity contribution in [3.05, 3.63) is 21.4 Å². The van der Waals surface area contributed by atoms with E-state index < -0.39 is 12.0 Å². The van der Waals surface area contributed by atoms with Gasteiger partial charge >= 0.3 is 5.97 Å². The Morgan fingerprint density at radius 2 is 2.27 bits per heavy atom. The van der Waals surface area contributed by atoms with Crippen LogP contribution < -0.4 is 5.73 Å². The fourth-order valence-corrected chi connectivity index (χ4v) is 3.22. The van der Waals surface area contributed by atoms with Gasteiger partial charge in [-0.1, -0.05) is 0 Å². The second kappa shape index (κ2) is 4.33. The number of carbonyl (C=O) groups is 1. The van der Waals surface area contributed by atoms with Crippen molar-refractivity contribution in [3.63, 3.8) is 0 Å². The van der Waals surface area contributed by atoms with Gasteiger partial charge in [-0.15, -0.1) is 11.3 Å². The molecular formula is C11H15NO2S. The highest BCUT2D eigenvalue weighted by Gasteiger charge is 2.19. The van der Waals surface area contributed by atoms with E-state index in [1.165, 1.54) is 23.3 Å². The molecule has 1 aromatic heterocycles. The summed E-state index contributed by atoms with van der Waals surface area (Å²) in [6.45, 7) is 0. The zero-order valence-electron chi connectivity index (χ0n) is 8.53. The molecule has 0 amide bonds. The number of nitrogens with two attached hydrogens (primary N) is 1. The summed E-state index contributed by atoms with van der Waals surface area (Å²) >= 11 is 1.76. The van der Waals surface area contributed by atoms with Crippen LogP contribution in [0.25, 0.3) is 0 Å². The highest BCUT2D eigenvalue weighted by Crippen LogP contribution is 2.30. The molecule has 0 saturated carbocycles. The van der Waals surface area contributed by atoms with Crippen LogP contribution in [0.1, 0.15) is 28.8 Å². The molecule has 4 heteroatoms. The summed E-state index contributed by atoms with van der Waals surface area (Å²) in [5.41, 5.74) is 8.08. The van der Waals surface area contributed by atoms with E-state index in [4.69, 9.17) is 10.8 Å². The number of carboxylic acids is 1. The highest BCUT2D eigenvalue weighted by molar-refractivity contribution is 7.10. The van der Waals surface area contributed by atoms with E-state index in [1.54, 1.807) is 11.3 Å². The Morgan fingerprint density at radius 1 is 1.53 bits per heavy atom. The summed E-state index contributed by atoms with van der Waals surface area (Å²) in [6, 6.07) is -0.759. The van der Waals surface area contributed by atoms with Crippen LogP contribution in [0.5, 0.6) is 0 Å². The van der Waals surface area contributed by atoms with Crippen LogP contribution in [0.4, 0.5) is 0 Å². The summed E-state index contributed by atoms with van der Waals surface area (Å²) in [5, 5.41) is 10.8. The van der Waals surface area contributed by atoms with Crippen molar-refractivity contribution in [2.45, 2.75) is 38.1 Å². The Bertz CT molecular complexity index is 373. The molecule has 0 saturated heterocycles.